The van der Waals surface area contributed by atoms with Gasteiger partial charge in [0.25, 0.3) is 0 Å². The maximum Gasteiger partial charge on any atom is 0.0860 e. The summed E-state index contributed by atoms with van der Waals surface area (Å²) in [6, 6.07) is 0. The molecule has 3 heteroatoms. The fourth-order valence-corrected chi connectivity index (χ4v) is 2.09. The van der Waals surface area contributed by atoms with Crippen molar-refractivity contribution in [1.82, 2.24) is 0 Å². The van der Waals surface area contributed by atoms with Gasteiger partial charge in [-0.2, -0.15) is 0 Å². The summed E-state index contributed by atoms with van der Waals surface area (Å²) in [4.78, 5) is 0. The summed E-state index contributed by atoms with van der Waals surface area (Å²) in [5.41, 5.74) is 0.00370. The van der Waals surface area contributed by atoms with Gasteiger partial charge >= 0.3 is 0 Å². The van der Waals surface area contributed by atoms with Gasteiger partial charge < -0.3 is 14.6 Å². The molecule has 0 unspecified atom stereocenters. The van der Waals surface area contributed by atoms with E-state index in [0.717, 1.165) is 6.42 Å². The molecule has 0 saturated carbocycles. The van der Waals surface area contributed by atoms with Gasteiger partial charge in [-0.25, -0.2) is 0 Å². The molecular weight excluding hydrogens is 216 g/mol. The molecule has 3 nitrogen and oxygen atoms in total. The number of aliphatic hydroxyl groups is 1. The lowest BCUT2D eigenvalue weighted by Crippen LogP contribution is -2.29. The lowest BCUT2D eigenvalue weighted by atomic mass is 9.85. The highest BCUT2D eigenvalue weighted by atomic mass is 16.5. The molecule has 0 amide bonds. The number of hydrogen-bond acceptors (Lipinski definition) is 3. The second kappa shape index (κ2) is 5.25. The van der Waals surface area contributed by atoms with Gasteiger partial charge in [-0.1, -0.05) is 20.8 Å². The molecule has 1 fully saturated rings. The molecule has 17 heavy (non-hydrogen) atoms. The highest BCUT2D eigenvalue weighted by Gasteiger charge is 2.40. The third-order valence-corrected chi connectivity index (χ3v) is 3.26. The molecule has 0 bridgehead atoms. The number of ether oxygens (including phenoxy) is 2. The quantitative estimate of drug-likeness (QED) is 0.829. The third kappa shape index (κ3) is 4.57. The van der Waals surface area contributed by atoms with Gasteiger partial charge in [0, 0.05) is 5.92 Å². The monoisotopic (exact) mass is 244 g/mol. The first-order valence-electron chi connectivity index (χ1n) is 6.54. The standard InChI is InChI=1S/C14H28O3/c1-13(2,3)12-7-10(11(8-15)17-12)9-16-14(4,5)6/h10-12,15H,7-9H2,1-6H3/t10-,11-,12+/m1/s1. The molecule has 102 valence electrons. The topological polar surface area (TPSA) is 38.7 Å². The zero-order valence-corrected chi connectivity index (χ0v) is 12.1. The molecular formula is C14H28O3. The molecule has 1 heterocycles. The maximum atomic E-state index is 9.37. The summed E-state index contributed by atoms with van der Waals surface area (Å²) in [5.74, 6) is 0.309. The second-order valence-corrected chi connectivity index (χ2v) is 7.13. The first-order valence-corrected chi connectivity index (χ1v) is 6.54. The average molecular weight is 244 g/mol. The van der Waals surface area contributed by atoms with E-state index in [4.69, 9.17) is 9.47 Å². The van der Waals surface area contributed by atoms with Crippen LogP contribution >= 0.6 is 0 Å². The van der Waals surface area contributed by atoms with Crippen molar-refractivity contribution in [2.75, 3.05) is 13.2 Å². The van der Waals surface area contributed by atoms with Gasteiger partial charge in [-0.15, -0.1) is 0 Å². The minimum atomic E-state index is -0.125. The molecule has 0 aromatic rings. The van der Waals surface area contributed by atoms with Gasteiger partial charge in [0.05, 0.1) is 31.0 Å². The van der Waals surface area contributed by atoms with E-state index in [9.17, 15) is 5.11 Å². The maximum absolute atomic E-state index is 9.37. The van der Waals surface area contributed by atoms with Crippen LogP contribution in [0.15, 0.2) is 0 Å². The Bertz CT molecular complexity index is 237. The molecule has 0 radical (unpaired) electrons. The molecule has 0 spiro atoms. The van der Waals surface area contributed by atoms with E-state index < -0.39 is 0 Å². The molecule has 0 aromatic carbocycles. The molecule has 1 aliphatic heterocycles. The van der Waals surface area contributed by atoms with Crippen molar-refractivity contribution in [3.05, 3.63) is 0 Å². The summed E-state index contributed by atoms with van der Waals surface area (Å²) in [7, 11) is 0. The lowest BCUT2D eigenvalue weighted by Gasteiger charge is -2.26. The Morgan fingerprint density at radius 1 is 1.18 bits per heavy atom. The Kier molecular flexibility index (Phi) is 4.61. The van der Waals surface area contributed by atoms with Crippen LogP contribution in [0, 0.1) is 11.3 Å². The highest BCUT2D eigenvalue weighted by molar-refractivity contribution is 4.88. The Labute approximate surface area is 105 Å². The normalized spacial score (nSPS) is 30.9. The van der Waals surface area contributed by atoms with Crippen molar-refractivity contribution >= 4 is 0 Å². The van der Waals surface area contributed by atoms with E-state index in [2.05, 4.69) is 41.5 Å². The predicted octanol–water partition coefficient (Wildman–Crippen LogP) is 2.61. The van der Waals surface area contributed by atoms with Gasteiger partial charge in [0.2, 0.25) is 0 Å². The summed E-state index contributed by atoms with van der Waals surface area (Å²) in [6.07, 6.45) is 1.12. The molecule has 3 atom stereocenters. The molecule has 1 aliphatic rings. The summed E-state index contributed by atoms with van der Waals surface area (Å²) >= 11 is 0. The van der Waals surface area contributed by atoms with Crippen LogP contribution in [0.2, 0.25) is 0 Å². The van der Waals surface area contributed by atoms with Crippen LogP contribution in [-0.2, 0) is 9.47 Å². The van der Waals surface area contributed by atoms with Crippen molar-refractivity contribution in [2.24, 2.45) is 11.3 Å². The van der Waals surface area contributed by atoms with Crippen LogP contribution in [-0.4, -0.2) is 36.1 Å². The van der Waals surface area contributed by atoms with Crippen LogP contribution in [0.1, 0.15) is 48.0 Å². The van der Waals surface area contributed by atoms with Crippen LogP contribution in [0.5, 0.6) is 0 Å². The van der Waals surface area contributed by atoms with Crippen LogP contribution in [0.3, 0.4) is 0 Å². The SMILES string of the molecule is CC(C)(C)OC[C@H]1C[C@@H](C(C)(C)C)O[C@@H]1CO. The zero-order valence-electron chi connectivity index (χ0n) is 12.1. The van der Waals surface area contributed by atoms with E-state index in [-0.39, 0.29) is 29.8 Å². The average Bonchev–Trinajstić information content (AvgIpc) is 2.55. The molecule has 1 N–H and O–H groups in total. The molecule has 1 rings (SSSR count). The fourth-order valence-electron chi connectivity index (χ4n) is 2.09. The first kappa shape index (κ1) is 14.9. The Hall–Kier alpha value is -0.120. The molecule has 0 aromatic heterocycles. The number of aliphatic hydroxyl groups excluding tert-OH is 1. The summed E-state index contributed by atoms with van der Waals surface area (Å²) in [5, 5.41) is 9.37. The van der Waals surface area contributed by atoms with Gasteiger partial charge in [-0.3, -0.25) is 0 Å². The van der Waals surface area contributed by atoms with Gasteiger partial charge in [0.1, 0.15) is 0 Å². The van der Waals surface area contributed by atoms with E-state index in [1.54, 1.807) is 0 Å². The summed E-state index contributed by atoms with van der Waals surface area (Å²) in [6.45, 7) is 13.5. The van der Waals surface area contributed by atoms with E-state index >= 15 is 0 Å². The fraction of sp³-hybridized carbons (Fsp3) is 1.00. The minimum absolute atomic E-state index is 0.0680. The van der Waals surface area contributed by atoms with Crippen molar-refractivity contribution in [1.29, 1.82) is 0 Å². The van der Waals surface area contributed by atoms with Crippen molar-refractivity contribution in [2.45, 2.75) is 65.8 Å². The molecule has 1 saturated heterocycles. The smallest absolute Gasteiger partial charge is 0.0860 e. The van der Waals surface area contributed by atoms with E-state index in [0.29, 0.717) is 12.5 Å². The number of hydrogen-bond donors (Lipinski definition) is 1. The third-order valence-electron chi connectivity index (χ3n) is 3.26. The van der Waals surface area contributed by atoms with Crippen LogP contribution in [0.4, 0.5) is 0 Å². The predicted molar refractivity (Wildman–Crippen MR) is 69.0 cm³/mol. The molecule has 0 aliphatic carbocycles. The van der Waals surface area contributed by atoms with Crippen LogP contribution in [0.25, 0.3) is 0 Å². The zero-order chi connectivity index (χ0) is 13.3. The second-order valence-electron chi connectivity index (χ2n) is 7.13. The van der Waals surface area contributed by atoms with Crippen LogP contribution < -0.4 is 0 Å². The van der Waals surface area contributed by atoms with E-state index in [1.165, 1.54) is 0 Å². The Morgan fingerprint density at radius 3 is 2.18 bits per heavy atom. The largest absolute Gasteiger partial charge is 0.394 e. The van der Waals surface area contributed by atoms with Gasteiger partial charge in [0.15, 0.2) is 0 Å². The Balaban J connectivity index is 2.54. The van der Waals surface area contributed by atoms with Gasteiger partial charge in [-0.05, 0) is 32.6 Å². The van der Waals surface area contributed by atoms with Crippen molar-refractivity contribution < 1.29 is 14.6 Å². The minimum Gasteiger partial charge on any atom is -0.394 e. The summed E-state index contributed by atoms with van der Waals surface area (Å²) < 4.78 is 11.7. The Morgan fingerprint density at radius 2 is 1.76 bits per heavy atom. The first-order chi connectivity index (χ1) is 7.63. The van der Waals surface area contributed by atoms with Crippen molar-refractivity contribution in [3.63, 3.8) is 0 Å². The van der Waals surface area contributed by atoms with Crippen molar-refractivity contribution in [3.8, 4) is 0 Å². The lowest BCUT2D eigenvalue weighted by molar-refractivity contribution is -0.0642. The number of rotatable bonds is 3. The van der Waals surface area contributed by atoms with E-state index in [1.807, 2.05) is 0 Å². The highest BCUT2D eigenvalue weighted by Crippen LogP contribution is 2.37.